The van der Waals surface area contributed by atoms with E-state index in [0.717, 1.165) is 16.7 Å². The molecule has 6 amide bonds. The average molecular weight is 1270 g/mol. The SMILES string of the molecule is CC[C@H](NC)C(=O)N[C@@H]1C(=O)N2[C@@H](CC[C@@H]1CCC(=O)CCC#CC#CCCC(=O)NCCCC(=O)[C@@H](NC(=O)[C@@H]1CC[C@@H]3CC[C@H](CNCc4ccccc4)[C@H](NC(=O)[C@H](CC)NC)C(=O)N31)c1ccccc1)CC[C@H]2C(=O)CC(c1ccccc1)c1ccccc1. The number of amides is 6. The minimum Gasteiger partial charge on any atom is -0.356 e. The molecule has 4 saturated heterocycles. The summed E-state index contributed by atoms with van der Waals surface area (Å²) in [4.78, 5) is 129. The number of benzene rings is 4. The second kappa shape index (κ2) is 36.2. The van der Waals surface area contributed by atoms with Crippen LogP contribution < -0.4 is 37.2 Å². The molecule has 0 radical (unpaired) electrons. The molecule has 0 spiro atoms. The molecule has 8 rings (SSSR count). The largest absolute Gasteiger partial charge is 0.356 e. The first kappa shape index (κ1) is 70.6. The Morgan fingerprint density at radius 2 is 1.05 bits per heavy atom. The third-order valence-electron chi connectivity index (χ3n) is 19.2. The number of hydrogen-bond acceptors (Lipinski definition) is 12. The Hall–Kier alpha value is -8.29. The normalized spacial score (nSPS) is 21.8. The van der Waals surface area contributed by atoms with Gasteiger partial charge in [0.05, 0.1) is 18.1 Å². The molecule has 494 valence electrons. The van der Waals surface area contributed by atoms with Crippen molar-refractivity contribution in [3.63, 3.8) is 0 Å². The number of rotatable bonds is 32. The molecule has 4 aromatic rings. The smallest absolute Gasteiger partial charge is 0.246 e. The van der Waals surface area contributed by atoms with Crippen LogP contribution in [-0.4, -0.2) is 138 Å². The minimum absolute atomic E-state index is 0.00110. The van der Waals surface area contributed by atoms with E-state index in [0.29, 0.717) is 95.7 Å². The van der Waals surface area contributed by atoms with Gasteiger partial charge in [0.15, 0.2) is 11.6 Å². The second-order valence-electron chi connectivity index (χ2n) is 25.2. The zero-order chi connectivity index (χ0) is 66.1. The fraction of sp³-hybridized carbons (Fsp3) is 0.507. The van der Waals surface area contributed by atoms with E-state index in [4.69, 9.17) is 0 Å². The van der Waals surface area contributed by atoms with Gasteiger partial charge in [0.2, 0.25) is 35.4 Å². The summed E-state index contributed by atoms with van der Waals surface area (Å²) in [7, 11) is 3.42. The van der Waals surface area contributed by atoms with Crippen LogP contribution in [0.25, 0.3) is 0 Å². The van der Waals surface area contributed by atoms with Gasteiger partial charge in [0, 0.05) is 88.5 Å². The molecule has 7 N–H and O–H groups in total. The first-order chi connectivity index (χ1) is 45.2. The molecule has 0 unspecified atom stereocenters. The van der Waals surface area contributed by atoms with Crippen molar-refractivity contribution in [2.24, 2.45) is 11.8 Å². The van der Waals surface area contributed by atoms with Gasteiger partial charge in [-0.1, -0.05) is 147 Å². The van der Waals surface area contributed by atoms with Crippen molar-refractivity contribution in [3.05, 3.63) is 144 Å². The lowest BCUT2D eigenvalue weighted by Crippen LogP contribution is -2.59. The number of ketones is 3. The van der Waals surface area contributed by atoms with E-state index in [9.17, 15) is 43.2 Å². The van der Waals surface area contributed by atoms with Crippen LogP contribution in [0.4, 0.5) is 0 Å². The highest BCUT2D eigenvalue weighted by Crippen LogP contribution is 2.39. The molecule has 18 heteroatoms. The molecule has 11 atom stereocenters. The van der Waals surface area contributed by atoms with Crippen LogP contribution in [0.15, 0.2) is 121 Å². The van der Waals surface area contributed by atoms with Crippen LogP contribution in [-0.2, 0) is 49.7 Å². The number of fused-ring (bicyclic) bond motifs is 2. The molecular formula is C75H95N9O9. The lowest BCUT2D eigenvalue weighted by Gasteiger charge is -2.33. The van der Waals surface area contributed by atoms with E-state index >= 15 is 0 Å². The Bertz CT molecular complexity index is 3240. The first-order valence-electron chi connectivity index (χ1n) is 33.8. The predicted molar refractivity (Wildman–Crippen MR) is 358 cm³/mol. The molecule has 4 aliphatic rings. The van der Waals surface area contributed by atoms with Crippen molar-refractivity contribution < 1.29 is 43.2 Å². The molecule has 0 saturated carbocycles. The van der Waals surface area contributed by atoms with Gasteiger partial charge in [0.1, 0.15) is 30.0 Å². The van der Waals surface area contributed by atoms with E-state index < -0.39 is 48.2 Å². The summed E-state index contributed by atoms with van der Waals surface area (Å²) in [6.07, 6.45) is 8.02. The Labute approximate surface area is 549 Å². The van der Waals surface area contributed by atoms with Crippen molar-refractivity contribution in [1.29, 1.82) is 0 Å². The molecule has 93 heavy (non-hydrogen) atoms. The molecule has 4 aliphatic heterocycles. The van der Waals surface area contributed by atoms with Gasteiger partial charge < -0.3 is 47.0 Å². The van der Waals surface area contributed by atoms with Gasteiger partial charge in [-0.3, -0.25) is 43.2 Å². The summed E-state index contributed by atoms with van der Waals surface area (Å²) in [6.45, 7) is 5.11. The van der Waals surface area contributed by atoms with Crippen LogP contribution in [0.2, 0.25) is 0 Å². The summed E-state index contributed by atoms with van der Waals surface area (Å²) in [5.41, 5.74) is 3.76. The van der Waals surface area contributed by atoms with Crippen molar-refractivity contribution in [2.75, 3.05) is 27.2 Å². The molecule has 4 aromatic carbocycles. The maximum Gasteiger partial charge on any atom is 0.246 e. The number of nitrogens with one attached hydrogen (secondary N) is 7. The highest BCUT2D eigenvalue weighted by Gasteiger charge is 2.50. The standard InChI is InChI=1S/C75H95N9O9/c1-5-61(76-3)71(89)81-69-55(37-40-57-42-45-63(83(57)74(69)92)66(87)48-60(52-28-17-12-18-29-52)53-30-19-13-20-31-53)39-44-59(85)34-23-9-7-8-10-24-36-67(88)79-47-25-35-65(86)68(54-32-21-14-22-33-54)80-73(91)64-46-43-58-41-38-56(50-78-49-51-26-15-11-16-27-51)70(75(93)84(58)64)82-72(90)62(6-2)77-4/h11-22,26-33,55-58,60-64,68-70,76-78H,5-6,23-25,34-50H2,1-4H3,(H,79,88)(H,80,91)(H,81,89)(H,82,90)/t55-,56-,57+,58+,61+,62+,63+,64+,68+,69+,70+/m1/s1. The van der Waals surface area contributed by atoms with Crippen LogP contribution in [0.3, 0.4) is 0 Å². The summed E-state index contributed by atoms with van der Waals surface area (Å²) in [6, 6.07) is 33.4. The fourth-order valence-corrected chi connectivity index (χ4v) is 14.0. The Balaban J connectivity index is 0.779. The summed E-state index contributed by atoms with van der Waals surface area (Å²) in [5, 5.41) is 21.6. The van der Waals surface area contributed by atoms with Crippen molar-refractivity contribution in [2.45, 2.75) is 203 Å². The van der Waals surface area contributed by atoms with Gasteiger partial charge in [-0.2, -0.15) is 0 Å². The second-order valence-corrected chi connectivity index (χ2v) is 25.2. The van der Waals surface area contributed by atoms with E-state index in [1.165, 1.54) is 0 Å². The summed E-state index contributed by atoms with van der Waals surface area (Å²) in [5.74, 6) is 8.66. The highest BCUT2D eigenvalue weighted by atomic mass is 16.2. The maximum atomic E-state index is 14.8. The lowest BCUT2D eigenvalue weighted by molar-refractivity contribution is -0.144. The Morgan fingerprint density at radius 1 is 0.559 bits per heavy atom. The maximum absolute atomic E-state index is 14.8. The highest BCUT2D eigenvalue weighted by molar-refractivity contribution is 5.97. The first-order valence-corrected chi connectivity index (χ1v) is 33.8. The Morgan fingerprint density at radius 3 is 1.61 bits per heavy atom. The number of hydrogen-bond donors (Lipinski definition) is 7. The number of carbonyl (C=O) groups is 9. The minimum atomic E-state index is -0.988. The molecule has 0 aromatic heterocycles. The average Bonchev–Trinajstić information content (AvgIpc) is 1.68. The fourth-order valence-electron chi connectivity index (χ4n) is 14.0. The Kier molecular flexibility index (Phi) is 27.5. The zero-order valence-corrected chi connectivity index (χ0v) is 54.6. The predicted octanol–water partition coefficient (Wildman–Crippen LogP) is 7.31. The van der Waals surface area contributed by atoms with Crippen molar-refractivity contribution in [3.8, 4) is 23.7 Å². The van der Waals surface area contributed by atoms with Crippen molar-refractivity contribution >= 4 is 52.8 Å². The molecule has 4 heterocycles. The van der Waals surface area contributed by atoms with Crippen LogP contribution in [0.5, 0.6) is 0 Å². The quantitative estimate of drug-likeness (QED) is 0.0188. The third-order valence-corrected chi connectivity index (χ3v) is 19.2. The van der Waals surface area contributed by atoms with Crippen LogP contribution in [0.1, 0.15) is 170 Å². The molecule has 4 fully saturated rings. The van der Waals surface area contributed by atoms with Gasteiger partial charge in [-0.05, 0) is 131 Å². The van der Waals surface area contributed by atoms with E-state index in [1.807, 2.05) is 111 Å². The summed E-state index contributed by atoms with van der Waals surface area (Å²) < 4.78 is 0. The van der Waals surface area contributed by atoms with Gasteiger partial charge in [-0.25, -0.2) is 0 Å². The molecular weight excluding hydrogens is 1170 g/mol. The van der Waals surface area contributed by atoms with E-state index in [-0.39, 0.29) is 128 Å². The third kappa shape index (κ3) is 19.6. The van der Waals surface area contributed by atoms with E-state index in [1.54, 1.807) is 48.2 Å². The van der Waals surface area contributed by atoms with Gasteiger partial charge >= 0.3 is 0 Å². The number of likely N-dealkylation sites (N-methyl/N-ethyl adjacent to an activating group) is 2. The summed E-state index contributed by atoms with van der Waals surface area (Å²) >= 11 is 0. The van der Waals surface area contributed by atoms with E-state index in [2.05, 4.69) is 60.9 Å². The zero-order valence-electron chi connectivity index (χ0n) is 54.6. The van der Waals surface area contributed by atoms with Crippen LogP contribution >= 0.6 is 0 Å². The lowest BCUT2D eigenvalue weighted by atomic mass is 9.85. The van der Waals surface area contributed by atoms with Crippen molar-refractivity contribution in [1.82, 2.24) is 47.0 Å². The molecule has 0 aliphatic carbocycles. The topological polar surface area (TPSA) is 244 Å². The number of Topliss-reactive ketones (excluding diaryl/α,β-unsaturated/α-hetero) is 3. The number of carbonyl (C=O) groups excluding carboxylic acids is 9. The van der Waals surface area contributed by atoms with Gasteiger partial charge in [0.25, 0.3) is 0 Å². The molecule has 18 nitrogen and oxygen atoms in total. The monoisotopic (exact) mass is 1270 g/mol. The van der Waals surface area contributed by atoms with Gasteiger partial charge in [-0.15, -0.1) is 0 Å². The van der Waals surface area contributed by atoms with Crippen LogP contribution in [0, 0.1) is 35.5 Å². The number of nitrogens with zero attached hydrogens (tertiary/aromatic N) is 2. The molecule has 0 bridgehead atoms.